The summed E-state index contributed by atoms with van der Waals surface area (Å²) < 4.78 is 12.0. The van der Waals surface area contributed by atoms with Crippen LogP contribution < -0.4 is 5.32 Å². The molecule has 0 spiro atoms. The van der Waals surface area contributed by atoms with E-state index in [0.29, 0.717) is 18.8 Å². The fourth-order valence-electron chi connectivity index (χ4n) is 4.05. The lowest BCUT2D eigenvalue weighted by molar-refractivity contribution is -0.150. The molecule has 160 valence electrons. The molecular formula is C24H29NO4S. The van der Waals surface area contributed by atoms with Gasteiger partial charge in [0.15, 0.2) is 5.76 Å². The van der Waals surface area contributed by atoms with Crippen molar-refractivity contribution in [1.82, 2.24) is 5.32 Å². The molecule has 0 bridgehead atoms. The van der Waals surface area contributed by atoms with Gasteiger partial charge in [-0.2, -0.15) is 0 Å². The van der Waals surface area contributed by atoms with Crippen molar-refractivity contribution in [2.45, 2.75) is 70.0 Å². The van der Waals surface area contributed by atoms with E-state index in [-0.39, 0.29) is 24.5 Å². The van der Waals surface area contributed by atoms with Crippen LogP contribution in [0.2, 0.25) is 0 Å². The Kier molecular flexibility index (Phi) is 7.20. The lowest BCUT2D eigenvalue weighted by Crippen LogP contribution is -2.39. The van der Waals surface area contributed by atoms with Gasteiger partial charge in [0.2, 0.25) is 6.29 Å². The first-order chi connectivity index (χ1) is 14.7. The monoisotopic (exact) mass is 427 g/mol. The van der Waals surface area contributed by atoms with Gasteiger partial charge in [-0.15, -0.1) is 11.3 Å². The first kappa shape index (κ1) is 21.1. The van der Waals surface area contributed by atoms with Crippen molar-refractivity contribution in [3.8, 4) is 0 Å². The van der Waals surface area contributed by atoms with Gasteiger partial charge in [-0.3, -0.25) is 4.79 Å². The molecule has 4 rings (SSSR count). The van der Waals surface area contributed by atoms with Crippen molar-refractivity contribution in [3.05, 3.63) is 69.6 Å². The van der Waals surface area contributed by atoms with Crippen LogP contribution in [-0.4, -0.2) is 23.3 Å². The van der Waals surface area contributed by atoms with E-state index in [1.165, 1.54) is 24.1 Å². The molecule has 5 nitrogen and oxygen atoms in total. The summed E-state index contributed by atoms with van der Waals surface area (Å²) in [7, 11) is 0. The van der Waals surface area contributed by atoms with E-state index in [2.05, 4.69) is 16.8 Å². The summed E-state index contributed by atoms with van der Waals surface area (Å²) in [5, 5.41) is 14.4. The van der Waals surface area contributed by atoms with Gasteiger partial charge in [0.05, 0.1) is 13.2 Å². The molecule has 2 heterocycles. The Morgan fingerprint density at radius 2 is 1.90 bits per heavy atom. The molecule has 2 atom stereocenters. The maximum Gasteiger partial charge on any atom is 0.286 e. The summed E-state index contributed by atoms with van der Waals surface area (Å²) in [4.78, 5) is 14.1. The highest BCUT2D eigenvalue weighted by Gasteiger charge is 2.30. The van der Waals surface area contributed by atoms with Crippen molar-refractivity contribution >= 4 is 17.2 Å². The van der Waals surface area contributed by atoms with Crippen LogP contribution in [0.1, 0.15) is 60.4 Å². The molecule has 30 heavy (non-hydrogen) atoms. The number of allylic oxidation sites excluding steroid dienone is 1. The first-order valence-corrected chi connectivity index (χ1v) is 11.6. The highest BCUT2D eigenvalue weighted by molar-refractivity contribution is 7.10. The van der Waals surface area contributed by atoms with Crippen LogP contribution >= 0.6 is 11.3 Å². The lowest BCUT2D eigenvalue weighted by atomic mass is 9.95. The topological polar surface area (TPSA) is 67.8 Å². The van der Waals surface area contributed by atoms with Crippen LogP contribution in [-0.2, 0) is 27.5 Å². The second kappa shape index (κ2) is 10.2. The molecule has 0 saturated heterocycles. The summed E-state index contributed by atoms with van der Waals surface area (Å²) in [6, 6.07) is 12.0. The molecular weight excluding hydrogens is 398 g/mol. The standard InChI is InChI=1S/C24H29NO4S/c26-15-17-8-10-18(11-9-17)16-28-23-14-19(22-7-4-12-30-22)13-21(29-23)24(27)25-20-5-2-1-3-6-20/h4,7-13,19-20,23,26H,1-3,5-6,14-16H2,(H,25,27)/t19-,23+/m0/s1. The largest absolute Gasteiger partial charge is 0.459 e. The minimum Gasteiger partial charge on any atom is -0.459 e. The quantitative estimate of drug-likeness (QED) is 0.677. The van der Waals surface area contributed by atoms with Gasteiger partial charge >= 0.3 is 0 Å². The van der Waals surface area contributed by atoms with E-state index >= 15 is 0 Å². The molecule has 1 amide bonds. The molecule has 1 aromatic carbocycles. The Balaban J connectivity index is 1.42. The fraction of sp³-hybridized carbons (Fsp3) is 0.458. The number of rotatable bonds is 7. The highest BCUT2D eigenvalue weighted by Crippen LogP contribution is 2.34. The zero-order chi connectivity index (χ0) is 20.8. The van der Waals surface area contributed by atoms with Gasteiger partial charge < -0.3 is 19.9 Å². The number of benzene rings is 1. The number of nitrogens with one attached hydrogen (secondary N) is 1. The third-order valence-corrected chi connectivity index (χ3v) is 6.78. The van der Waals surface area contributed by atoms with E-state index < -0.39 is 6.29 Å². The number of carbonyl (C=O) groups excluding carboxylic acids is 1. The number of carbonyl (C=O) groups is 1. The van der Waals surface area contributed by atoms with E-state index in [0.717, 1.165) is 24.0 Å². The molecule has 1 aliphatic heterocycles. The third kappa shape index (κ3) is 5.50. The zero-order valence-corrected chi connectivity index (χ0v) is 17.9. The van der Waals surface area contributed by atoms with Crippen LogP contribution in [0.3, 0.4) is 0 Å². The SMILES string of the molecule is O=C(NC1CCCCC1)C1=C[C@H](c2cccs2)C[C@H](OCc2ccc(CO)cc2)O1. The highest BCUT2D eigenvalue weighted by atomic mass is 32.1. The Labute approximate surface area is 181 Å². The number of hydrogen-bond acceptors (Lipinski definition) is 5. The van der Waals surface area contributed by atoms with Crippen molar-refractivity contribution in [2.75, 3.05) is 0 Å². The van der Waals surface area contributed by atoms with E-state index in [9.17, 15) is 9.90 Å². The lowest BCUT2D eigenvalue weighted by Gasteiger charge is -2.30. The van der Waals surface area contributed by atoms with Crippen molar-refractivity contribution in [3.63, 3.8) is 0 Å². The van der Waals surface area contributed by atoms with Crippen LogP contribution in [0.25, 0.3) is 0 Å². The molecule has 1 aromatic heterocycles. The second-order valence-corrected chi connectivity index (χ2v) is 9.01. The molecule has 1 saturated carbocycles. The van der Waals surface area contributed by atoms with Crippen molar-refractivity contribution < 1.29 is 19.4 Å². The molecule has 2 aliphatic rings. The first-order valence-electron chi connectivity index (χ1n) is 10.7. The zero-order valence-electron chi connectivity index (χ0n) is 17.1. The number of aliphatic hydroxyl groups excluding tert-OH is 1. The van der Waals surface area contributed by atoms with Crippen LogP contribution in [0.5, 0.6) is 0 Å². The number of amides is 1. The molecule has 1 aliphatic carbocycles. The van der Waals surface area contributed by atoms with E-state index in [1.54, 1.807) is 11.3 Å². The predicted octanol–water partition coefficient (Wildman–Crippen LogP) is 4.62. The minimum atomic E-state index is -0.480. The average Bonchev–Trinajstić information content (AvgIpc) is 3.34. The Hall–Kier alpha value is -2.15. The van der Waals surface area contributed by atoms with Gasteiger partial charge in [-0.25, -0.2) is 0 Å². The van der Waals surface area contributed by atoms with E-state index in [1.807, 2.05) is 36.4 Å². The number of aliphatic hydroxyl groups is 1. The van der Waals surface area contributed by atoms with Gasteiger partial charge in [0, 0.05) is 23.3 Å². The maximum atomic E-state index is 12.9. The van der Waals surface area contributed by atoms with E-state index in [4.69, 9.17) is 9.47 Å². The third-order valence-electron chi connectivity index (χ3n) is 5.77. The fourth-order valence-corrected chi connectivity index (χ4v) is 4.86. The van der Waals surface area contributed by atoms with Gasteiger partial charge in [-0.05, 0) is 41.5 Å². The molecule has 0 unspecified atom stereocenters. The second-order valence-electron chi connectivity index (χ2n) is 8.03. The van der Waals surface area contributed by atoms with Crippen molar-refractivity contribution in [1.29, 1.82) is 0 Å². The van der Waals surface area contributed by atoms with Crippen LogP contribution in [0.4, 0.5) is 0 Å². The van der Waals surface area contributed by atoms with Crippen molar-refractivity contribution in [2.24, 2.45) is 0 Å². The average molecular weight is 428 g/mol. The Morgan fingerprint density at radius 1 is 1.13 bits per heavy atom. The number of thiophene rings is 1. The maximum absolute atomic E-state index is 12.9. The minimum absolute atomic E-state index is 0.0274. The summed E-state index contributed by atoms with van der Waals surface area (Å²) in [5.74, 6) is 0.336. The molecule has 1 fully saturated rings. The molecule has 2 aromatic rings. The normalized spacial score (nSPS) is 22.2. The summed E-state index contributed by atoms with van der Waals surface area (Å²) in [5.41, 5.74) is 1.88. The van der Waals surface area contributed by atoms with Gasteiger partial charge in [-0.1, -0.05) is 49.6 Å². The smallest absolute Gasteiger partial charge is 0.286 e. The number of hydrogen-bond donors (Lipinski definition) is 2. The summed E-state index contributed by atoms with van der Waals surface area (Å²) in [6.07, 6.45) is 7.81. The molecule has 6 heteroatoms. The van der Waals surface area contributed by atoms with Gasteiger partial charge in [0.1, 0.15) is 0 Å². The van der Waals surface area contributed by atoms with Crippen LogP contribution in [0, 0.1) is 0 Å². The molecule has 0 radical (unpaired) electrons. The Bertz CT molecular complexity index is 841. The Morgan fingerprint density at radius 3 is 2.60 bits per heavy atom. The van der Waals surface area contributed by atoms with Gasteiger partial charge in [0.25, 0.3) is 5.91 Å². The molecule has 2 N–H and O–H groups in total. The summed E-state index contributed by atoms with van der Waals surface area (Å²) >= 11 is 1.69. The predicted molar refractivity (Wildman–Crippen MR) is 117 cm³/mol. The summed E-state index contributed by atoms with van der Waals surface area (Å²) in [6.45, 7) is 0.421. The van der Waals surface area contributed by atoms with Crippen LogP contribution in [0.15, 0.2) is 53.6 Å². The number of ether oxygens (including phenoxy) is 2.